The molecule has 1 atom stereocenters. The molecule has 1 aliphatic heterocycles. The van der Waals surface area contributed by atoms with Crippen molar-refractivity contribution in [3.05, 3.63) is 94.7 Å². The van der Waals surface area contributed by atoms with Gasteiger partial charge in [0.05, 0.1) is 31.0 Å². The van der Waals surface area contributed by atoms with Crippen LogP contribution in [0.5, 0.6) is 5.75 Å². The second-order valence-corrected chi connectivity index (χ2v) is 7.47. The summed E-state index contributed by atoms with van der Waals surface area (Å²) in [5.41, 5.74) is 1.14. The highest BCUT2D eigenvalue weighted by Crippen LogP contribution is 2.40. The second kappa shape index (κ2) is 8.70. The maximum Gasteiger partial charge on any atom is 0.296 e. The Bertz CT molecular complexity index is 1180. The molecule has 32 heavy (non-hydrogen) atoms. The Morgan fingerprint density at radius 3 is 2.53 bits per heavy atom. The summed E-state index contributed by atoms with van der Waals surface area (Å²) in [6, 6.07) is 13.6. The Labute approximate surface area is 184 Å². The van der Waals surface area contributed by atoms with Gasteiger partial charge < -0.3 is 19.2 Å². The number of halogens is 1. The van der Waals surface area contributed by atoms with Gasteiger partial charge in [-0.2, -0.15) is 0 Å². The van der Waals surface area contributed by atoms with E-state index >= 15 is 0 Å². The Balaban J connectivity index is 1.84. The van der Waals surface area contributed by atoms with Crippen LogP contribution >= 0.6 is 0 Å². The largest absolute Gasteiger partial charge is 0.507 e. The monoisotopic (exact) mass is 435 g/mol. The predicted molar refractivity (Wildman–Crippen MR) is 115 cm³/mol. The minimum absolute atomic E-state index is 0.0503. The van der Waals surface area contributed by atoms with Gasteiger partial charge in [-0.05, 0) is 67.4 Å². The van der Waals surface area contributed by atoms with Gasteiger partial charge in [0.25, 0.3) is 11.7 Å². The zero-order valence-corrected chi connectivity index (χ0v) is 17.7. The van der Waals surface area contributed by atoms with Crippen LogP contribution in [0.25, 0.3) is 5.76 Å². The molecule has 3 aromatic rings. The molecule has 4 rings (SSSR count). The van der Waals surface area contributed by atoms with Crippen LogP contribution in [0, 0.1) is 12.7 Å². The van der Waals surface area contributed by atoms with E-state index in [1.54, 1.807) is 43.3 Å². The molecule has 1 N–H and O–H groups in total. The summed E-state index contributed by atoms with van der Waals surface area (Å²) in [6.07, 6.45) is 1.49. The van der Waals surface area contributed by atoms with Gasteiger partial charge in [-0.25, -0.2) is 4.39 Å². The van der Waals surface area contributed by atoms with Crippen molar-refractivity contribution < 1.29 is 28.2 Å². The lowest BCUT2D eigenvalue weighted by molar-refractivity contribution is -0.140. The summed E-state index contributed by atoms with van der Waals surface area (Å²) >= 11 is 0. The number of nitrogens with zero attached hydrogens (tertiary/aromatic N) is 1. The van der Waals surface area contributed by atoms with E-state index in [4.69, 9.17) is 9.15 Å². The smallest absolute Gasteiger partial charge is 0.296 e. The third-order valence-electron chi connectivity index (χ3n) is 5.38. The molecule has 1 amide bonds. The highest BCUT2D eigenvalue weighted by molar-refractivity contribution is 6.46. The number of ketones is 1. The molecule has 0 spiro atoms. The third kappa shape index (κ3) is 3.89. The summed E-state index contributed by atoms with van der Waals surface area (Å²) in [5, 5.41) is 11.0. The van der Waals surface area contributed by atoms with Crippen molar-refractivity contribution in [2.75, 3.05) is 6.61 Å². The van der Waals surface area contributed by atoms with Crippen LogP contribution in [0.2, 0.25) is 0 Å². The van der Waals surface area contributed by atoms with E-state index in [1.807, 2.05) is 6.92 Å². The van der Waals surface area contributed by atoms with E-state index in [-0.39, 0.29) is 23.4 Å². The van der Waals surface area contributed by atoms with Crippen molar-refractivity contribution >= 4 is 17.4 Å². The van der Waals surface area contributed by atoms with E-state index in [0.717, 1.165) is 0 Å². The number of aryl methyl sites for hydroxylation is 1. The lowest BCUT2D eigenvalue weighted by Crippen LogP contribution is -2.29. The highest BCUT2D eigenvalue weighted by atomic mass is 19.1. The summed E-state index contributed by atoms with van der Waals surface area (Å²) in [7, 11) is 0. The number of hydrogen-bond acceptors (Lipinski definition) is 5. The van der Waals surface area contributed by atoms with E-state index in [9.17, 15) is 19.1 Å². The quantitative estimate of drug-likeness (QED) is 0.343. The normalized spacial score (nSPS) is 17.7. The molecule has 1 aliphatic rings. The number of aliphatic hydroxyl groups is 1. The van der Waals surface area contributed by atoms with Gasteiger partial charge in [0, 0.05) is 5.56 Å². The van der Waals surface area contributed by atoms with E-state index in [2.05, 4.69) is 0 Å². The van der Waals surface area contributed by atoms with Crippen LogP contribution in [0.4, 0.5) is 4.39 Å². The molecule has 1 saturated heterocycles. The van der Waals surface area contributed by atoms with Gasteiger partial charge >= 0.3 is 0 Å². The molecule has 0 bridgehead atoms. The molecule has 6 nitrogen and oxygen atoms in total. The number of furan rings is 1. The van der Waals surface area contributed by atoms with E-state index in [1.165, 1.54) is 29.4 Å². The lowest BCUT2D eigenvalue weighted by atomic mass is 9.94. The predicted octanol–water partition coefficient (Wildman–Crippen LogP) is 4.75. The fourth-order valence-electron chi connectivity index (χ4n) is 3.82. The molecule has 2 heterocycles. The fourth-order valence-corrected chi connectivity index (χ4v) is 3.82. The zero-order valence-electron chi connectivity index (χ0n) is 17.7. The standard InChI is InChI=1S/C25H22FNO5/c1-3-31-18-9-6-16(7-10-18)22-21(23(28)17-8-11-20(26)15(2)13-17)24(29)25(30)27(22)14-19-5-4-12-32-19/h4-13,22,28H,3,14H2,1-2H3/b23-21-. The molecule has 1 aromatic heterocycles. The van der Waals surface area contributed by atoms with Gasteiger partial charge in [0.1, 0.15) is 23.1 Å². The Morgan fingerprint density at radius 1 is 1.16 bits per heavy atom. The Kier molecular flexibility index (Phi) is 5.81. The minimum Gasteiger partial charge on any atom is -0.507 e. The molecule has 2 aromatic carbocycles. The molecule has 7 heteroatoms. The average molecular weight is 435 g/mol. The topological polar surface area (TPSA) is 80.0 Å². The number of benzene rings is 2. The maximum atomic E-state index is 13.7. The van der Waals surface area contributed by atoms with Gasteiger partial charge in [-0.1, -0.05) is 12.1 Å². The molecular weight excluding hydrogens is 413 g/mol. The van der Waals surface area contributed by atoms with Gasteiger partial charge in [-0.15, -0.1) is 0 Å². The van der Waals surface area contributed by atoms with E-state index < -0.39 is 23.5 Å². The van der Waals surface area contributed by atoms with Crippen LogP contribution < -0.4 is 4.74 Å². The van der Waals surface area contributed by atoms with Gasteiger partial charge in [-0.3, -0.25) is 9.59 Å². The van der Waals surface area contributed by atoms with Crippen LogP contribution in [-0.2, 0) is 16.1 Å². The number of aliphatic hydroxyl groups excluding tert-OH is 1. The van der Waals surface area contributed by atoms with Gasteiger partial charge in [0.2, 0.25) is 0 Å². The molecule has 0 saturated carbocycles. The average Bonchev–Trinajstić information content (AvgIpc) is 3.38. The van der Waals surface area contributed by atoms with Crippen molar-refractivity contribution in [2.45, 2.75) is 26.4 Å². The van der Waals surface area contributed by atoms with Crippen molar-refractivity contribution in [1.29, 1.82) is 0 Å². The number of Topliss-reactive ketones (excluding diaryl/α,β-unsaturated/α-hetero) is 1. The highest BCUT2D eigenvalue weighted by Gasteiger charge is 2.46. The molecular formula is C25H22FNO5. The van der Waals surface area contributed by atoms with Crippen molar-refractivity contribution in [3.63, 3.8) is 0 Å². The molecule has 1 unspecified atom stereocenters. The molecule has 164 valence electrons. The SMILES string of the molecule is CCOc1ccc(C2/C(=C(/O)c3ccc(F)c(C)c3)C(=O)C(=O)N2Cc2ccco2)cc1. The van der Waals surface area contributed by atoms with Crippen molar-refractivity contribution in [1.82, 2.24) is 4.90 Å². The first-order chi connectivity index (χ1) is 15.4. The lowest BCUT2D eigenvalue weighted by Gasteiger charge is -2.24. The first kappa shape index (κ1) is 21.4. The number of ether oxygens (including phenoxy) is 1. The minimum atomic E-state index is -0.846. The summed E-state index contributed by atoms with van der Waals surface area (Å²) in [6.45, 7) is 3.98. The van der Waals surface area contributed by atoms with Gasteiger partial charge in [0.15, 0.2) is 0 Å². The number of carbonyl (C=O) groups is 2. The first-order valence-corrected chi connectivity index (χ1v) is 10.2. The fraction of sp³-hybridized carbons (Fsp3) is 0.200. The third-order valence-corrected chi connectivity index (χ3v) is 5.38. The second-order valence-electron chi connectivity index (χ2n) is 7.47. The number of carbonyl (C=O) groups excluding carboxylic acids is 2. The molecule has 1 fully saturated rings. The first-order valence-electron chi connectivity index (χ1n) is 10.2. The molecule has 0 aliphatic carbocycles. The van der Waals surface area contributed by atoms with Crippen molar-refractivity contribution in [3.8, 4) is 5.75 Å². The number of amides is 1. The van der Waals surface area contributed by atoms with Crippen molar-refractivity contribution in [2.24, 2.45) is 0 Å². The molecule has 0 radical (unpaired) electrons. The van der Waals surface area contributed by atoms with E-state index in [0.29, 0.717) is 29.2 Å². The van der Waals surface area contributed by atoms with Crippen LogP contribution in [0.1, 0.15) is 35.4 Å². The number of hydrogen-bond donors (Lipinski definition) is 1. The van der Waals surface area contributed by atoms with Crippen LogP contribution in [-0.4, -0.2) is 28.3 Å². The summed E-state index contributed by atoms with van der Waals surface area (Å²) in [5.74, 6) is -1.19. The summed E-state index contributed by atoms with van der Waals surface area (Å²) < 4.78 is 24.6. The maximum absolute atomic E-state index is 13.7. The number of rotatable bonds is 6. The number of likely N-dealkylation sites (tertiary alicyclic amines) is 1. The Hall–Kier alpha value is -3.87. The van der Waals surface area contributed by atoms with Crippen LogP contribution in [0.3, 0.4) is 0 Å². The summed E-state index contributed by atoms with van der Waals surface area (Å²) in [4.78, 5) is 27.3. The zero-order chi connectivity index (χ0) is 22.8. The Morgan fingerprint density at radius 2 is 1.91 bits per heavy atom. The van der Waals surface area contributed by atoms with Crippen LogP contribution in [0.15, 0.2) is 70.9 Å².